The highest BCUT2D eigenvalue weighted by Gasteiger charge is 2.43. The molecule has 1 aromatic carbocycles. The minimum atomic E-state index is -0.600. The molecule has 0 spiro atoms. The number of ether oxygens (including phenoxy) is 1. The zero-order valence-electron chi connectivity index (χ0n) is 13.9. The van der Waals surface area contributed by atoms with E-state index in [9.17, 15) is 4.79 Å². The molecule has 0 saturated heterocycles. The number of hydrogen-bond acceptors (Lipinski definition) is 5. The first kappa shape index (κ1) is 17.9. The molecular weight excluding hydrogens is 382 g/mol. The number of nitrogens with zero attached hydrogens (tertiary/aromatic N) is 1. The third kappa shape index (κ3) is 2.69. The average molecular weight is 400 g/mol. The van der Waals surface area contributed by atoms with E-state index in [0.29, 0.717) is 6.61 Å². The fourth-order valence-corrected chi connectivity index (χ4v) is 6.42. The Balaban J connectivity index is 2.30. The quantitative estimate of drug-likeness (QED) is 0.370. The van der Waals surface area contributed by atoms with Gasteiger partial charge in [0.1, 0.15) is 15.0 Å². The van der Waals surface area contributed by atoms with Gasteiger partial charge in [0.25, 0.3) is 0 Å². The van der Waals surface area contributed by atoms with Crippen LogP contribution in [-0.2, 0) is 10.3 Å². The molecule has 2 aromatic rings. The van der Waals surface area contributed by atoms with E-state index in [1.807, 2.05) is 39.0 Å². The summed E-state index contributed by atoms with van der Waals surface area (Å²) in [7, 11) is 3.21. The third-order valence-corrected chi connectivity index (χ3v) is 7.61. The van der Waals surface area contributed by atoms with Crippen LogP contribution < -0.4 is 9.64 Å². The molecule has 0 fully saturated rings. The molecule has 24 heavy (non-hydrogen) atoms. The van der Waals surface area contributed by atoms with Crippen LogP contribution in [0.5, 0.6) is 5.75 Å². The second kappa shape index (κ2) is 6.41. The van der Waals surface area contributed by atoms with Crippen LogP contribution in [0.15, 0.2) is 18.2 Å². The zero-order valence-corrected chi connectivity index (χ0v) is 17.1. The summed E-state index contributed by atoms with van der Waals surface area (Å²) in [6, 6.07) is 5.79. The molecule has 0 radical (unpaired) electrons. The zero-order chi connectivity index (χ0) is 17.6. The lowest BCUT2D eigenvalue weighted by molar-refractivity contribution is -0.119. The fourth-order valence-electron chi connectivity index (χ4n) is 3.04. The summed E-state index contributed by atoms with van der Waals surface area (Å²) >= 11 is 11.7. The van der Waals surface area contributed by atoms with E-state index >= 15 is 0 Å². The topological polar surface area (TPSA) is 29.5 Å². The Morgan fingerprint density at radius 1 is 1.42 bits per heavy atom. The van der Waals surface area contributed by atoms with Crippen molar-refractivity contribution >= 4 is 56.1 Å². The van der Waals surface area contributed by atoms with Crippen molar-refractivity contribution in [2.75, 3.05) is 11.5 Å². The van der Waals surface area contributed by atoms with E-state index in [4.69, 9.17) is 28.6 Å². The van der Waals surface area contributed by atoms with Gasteiger partial charge in [0.15, 0.2) is 0 Å². The molecule has 3 nitrogen and oxygen atoms in total. The molecule has 0 N–H and O–H groups in total. The largest absolute Gasteiger partial charge is 0.494 e. The molecule has 1 aromatic heterocycles. The molecule has 0 unspecified atom stereocenters. The van der Waals surface area contributed by atoms with Crippen LogP contribution in [0, 0.1) is 3.82 Å². The minimum Gasteiger partial charge on any atom is -0.494 e. The fraction of sp³-hybridized carbons (Fsp3) is 0.412. The van der Waals surface area contributed by atoms with Crippen LogP contribution in [0.2, 0.25) is 0 Å². The Morgan fingerprint density at radius 3 is 2.75 bits per heavy atom. The van der Waals surface area contributed by atoms with Crippen LogP contribution >= 0.6 is 44.5 Å². The second-order valence-corrected chi connectivity index (χ2v) is 9.59. The van der Waals surface area contributed by atoms with E-state index in [0.717, 1.165) is 31.3 Å². The molecule has 1 atom stereocenters. The summed E-state index contributed by atoms with van der Waals surface area (Å²) < 4.78 is 6.49. The monoisotopic (exact) mass is 399 g/mol. The molecule has 0 saturated carbocycles. The smallest absolute Gasteiger partial charge is 0.245 e. The number of benzene rings is 1. The predicted molar refractivity (Wildman–Crippen MR) is 105 cm³/mol. The van der Waals surface area contributed by atoms with E-state index in [1.165, 1.54) is 0 Å². The first-order chi connectivity index (χ1) is 11.3. The summed E-state index contributed by atoms with van der Waals surface area (Å²) in [6.07, 6.45) is 0. The number of anilines is 1. The van der Waals surface area contributed by atoms with Crippen molar-refractivity contribution in [1.82, 2.24) is 0 Å². The van der Waals surface area contributed by atoms with Gasteiger partial charge in [-0.2, -0.15) is 0 Å². The molecule has 2 heterocycles. The van der Waals surface area contributed by atoms with E-state index in [-0.39, 0.29) is 5.91 Å². The number of alkyl halides is 1. The van der Waals surface area contributed by atoms with Gasteiger partial charge in [-0.25, -0.2) is 0 Å². The maximum atomic E-state index is 12.8. The van der Waals surface area contributed by atoms with Gasteiger partial charge < -0.3 is 4.74 Å². The van der Waals surface area contributed by atoms with Crippen LogP contribution in [0.25, 0.3) is 11.1 Å². The van der Waals surface area contributed by atoms with Crippen molar-refractivity contribution < 1.29 is 9.53 Å². The Kier molecular flexibility index (Phi) is 4.77. The summed E-state index contributed by atoms with van der Waals surface area (Å²) in [5, 5.41) is -0.600. The maximum absolute atomic E-state index is 12.8. The van der Waals surface area contributed by atoms with E-state index < -0.39 is 10.9 Å². The maximum Gasteiger partial charge on any atom is 0.245 e. The van der Waals surface area contributed by atoms with Crippen molar-refractivity contribution in [1.29, 1.82) is 0 Å². The number of hydrogen-bond donors (Lipinski definition) is 0. The highest BCUT2D eigenvalue weighted by atomic mass is 35.5. The van der Waals surface area contributed by atoms with Crippen molar-refractivity contribution in [2.24, 2.45) is 0 Å². The van der Waals surface area contributed by atoms with Crippen molar-refractivity contribution in [3.8, 4) is 16.9 Å². The highest BCUT2D eigenvalue weighted by Crippen LogP contribution is 2.53. The SMILES string of the molecule is CCOc1ccc2c(c1)-c1c(ssc1=S)C(C)(C)N2C(=O)[C@@H](C)Cl. The predicted octanol–water partition coefficient (Wildman–Crippen LogP) is 5.81. The van der Waals surface area contributed by atoms with Crippen LogP contribution in [0.4, 0.5) is 5.69 Å². The van der Waals surface area contributed by atoms with Gasteiger partial charge in [0.2, 0.25) is 5.91 Å². The lowest BCUT2D eigenvalue weighted by atomic mass is 9.87. The average Bonchev–Trinajstić information content (AvgIpc) is 2.91. The molecule has 7 heteroatoms. The summed E-state index contributed by atoms with van der Waals surface area (Å²) in [4.78, 5) is 15.8. The highest BCUT2D eigenvalue weighted by molar-refractivity contribution is 7.80. The van der Waals surface area contributed by atoms with Crippen LogP contribution in [0.3, 0.4) is 0 Å². The third-order valence-electron chi connectivity index (χ3n) is 4.10. The first-order valence-electron chi connectivity index (χ1n) is 7.68. The van der Waals surface area contributed by atoms with Gasteiger partial charge in [0.05, 0.1) is 22.7 Å². The Hall–Kier alpha value is -0.950. The molecular formula is C17H18ClNO2S3. The number of halogens is 1. The van der Waals surface area contributed by atoms with E-state index in [1.54, 1.807) is 32.5 Å². The minimum absolute atomic E-state index is 0.109. The van der Waals surface area contributed by atoms with Crippen LogP contribution in [0.1, 0.15) is 32.6 Å². The molecule has 1 aliphatic rings. The van der Waals surface area contributed by atoms with Gasteiger partial charge >= 0.3 is 0 Å². The van der Waals surface area contributed by atoms with Crippen LogP contribution in [-0.4, -0.2) is 17.9 Å². The summed E-state index contributed by atoms with van der Waals surface area (Å²) in [5.74, 6) is 0.667. The first-order valence-corrected chi connectivity index (χ1v) is 10.7. The van der Waals surface area contributed by atoms with Gasteiger partial charge in [-0.15, -0.1) is 11.6 Å². The van der Waals surface area contributed by atoms with E-state index in [2.05, 4.69) is 0 Å². The standard InChI is InChI=1S/C17H18ClNO2S3/c1-5-21-10-6-7-12-11(8-10)13-14(23-24-16(13)22)17(3,4)19(12)15(20)9(2)18/h6-9H,5H2,1-4H3/t9-/m1/s1. The molecule has 1 amide bonds. The molecule has 3 rings (SSSR count). The molecule has 1 aliphatic heterocycles. The van der Waals surface area contributed by atoms with Crippen molar-refractivity contribution in [3.63, 3.8) is 0 Å². The Labute approximate surface area is 159 Å². The number of amides is 1. The molecule has 0 aliphatic carbocycles. The number of rotatable bonds is 3. The lowest BCUT2D eigenvalue weighted by Gasteiger charge is -2.43. The molecule has 128 valence electrons. The van der Waals surface area contributed by atoms with Crippen molar-refractivity contribution in [3.05, 3.63) is 26.9 Å². The summed E-state index contributed by atoms with van der Waals surface area (Å²) in [5.41, 5.74) is 2.34. The Bertz CT molecular complexity index is 854. The lowest BCUT2D eigenvalue weighted by Crippen LogP contribution is -2.50. The van der Waals surface area contributed by atoms with Crippen molar-refractivity contribution in [2.45, 2.75) is 38.6 Å². The number of carbonyl (C=O) groups is 1. The number of carbonyl (C=O) groups excluding carboxylic acids is 1. The van der Waals surface area contributed by atoms with Gasteiger partial charge in [-0.3, -0.25) is 9.69 Å². The second-order valence-electron chi connectivity index (χ2n) is 6.12. The van der Waals surface area contributed by atoms with Gasteiger partial charge in [-0.05, 0) is 45.9 Å². The number of fused-ring (bicyclic) bond motifs is 3. The summed E-state index contributed by atoms with van der Waals surface area (Å²) in [6.45, 7) is 8.33. The van der Waals surface area contributed by atoms with Gasteiger partial charge in [-0.1, -0.05) is 32.9 Å². The molecule has 0 bridgehead atoms. The Morgan fingerprint density at radius 2 is 2.12 bits per heavy atom. The van der Waals surface area contributed by atoms with Gasteiger partial charge in [0, 0.05) is 11.1 Å². The normalized spacial score (nSPS) is 16.3.